The molecule has 0 bridgehead atoms. The first kappa shape index (κ1) is 10.8. The van der Waals surface area contributed by atoms with E-state index in [4.69, 9.17) is 22.1 Å². The highest BCUT2D eigenvalue weighted by Crippen LogP contribution is 2.30. The van der Waals surface area contributed by atoms with E-state index >= 15 is 0 Å². The molecule has 4 heteroatoms. The van der Waals surface area contributed by atoms with E-state index in [-0.39, 0.29) is 0 Å². The molecule has 0 radical (unpaired) electrons. The molecule has 0 spiro atoms. The molecule has 0 amide bonds. The Morgan fingerprint density at radius 3 is 2.81 bits per heavy atom. The van der Waals surface area contributed by atoms with Crippen LogP contribution in [0.15, 0.2) is 36.7 Å². The zero-order chi connectivity index (χ0) is 11.5. The number of halogens is 1. The molecular formula is C12H11ClN2O. The number of aryl methyl sites for hydroxylation is 1. The minimum absolute atomic E-state index is 0.502. The number of nitrogens with zero attached hydrogens (tertiary/aromatic N) is 1. The largest absolute Gasteiger partial charge is 0.455 e. The van der Waals surface area contributed by atoms with E-state index in [0.717, 1.165) is 5.56 Å². The van der Waals surface area contributed by atoms with Crippen LogP contribution in [0.5, 0.6) is 11.5 Å². The van der Waals surface area contributed by atoms with E-state index in [9.17, 15) is 0 Å². The number of rotatable bonds is 2. The fourth-order valence-corrected chi connectivity index (χ4v) is 1.45. The topological polar surface area (TPSA) is 48.1 Å². The maximum atomic E-state index is 5.90. The first-order valence-corrected chi connectivity index (χ1v) is 5.18. The summed E-state index contributed by atoms with van der Waals surface area (Å²) in [4.78, 5) is 3.90. The van der Waals surface area contributed by atoms with Crippen molar-refractivity contribution in [3.05, 3.63) is 47.2 Å². The van der Waals surface area contributed by atoms with E-state index in [1.54, 1.807) is 24.5 Å². The number of benzene rings is 1. The van der Waals surface area contributed by atoms with Crippen LogP contribution in [0.4, 0.5) is 5.69 Å². The van der Waals surface area contributed by atoms with Crippen LogP contribution in [-0.4, -0.2) is 4.98 Å². The highest BCUT2D eigenvalue weighted by molar-refractivity contribution is 6.30. The normalized spacial score (nSPS) is 10.1. The van der Waals surface area contributed by atoms with Gasteiger partial charge in [-0.05, 0) is 24.6 Å². The van der Waals surface area contributed by atoms with Crippen molar-refractivity contribution in [1.82, 2.24) is 4.98 Å². The fourth-order valence-electron chi connectivity index (χ4n) is 1.29. The molecule has 0 saturated carbocycles. The Balaban J connectivity index is 2.34. The molecular weight excluding hydrogens is 224 g/mol. The van der Waals surface area contributed by atoms with Gasteiger partial charge in [-0.15, -0.1) is 0 Å². The smallest absolute Gasteiger partial charge is 0.153 e. The zero-order valence-electron chi connectivity index (χ0n) is 8.77. The summed E-state index contributed by atoms with van der Waals surface area (Å²) in [5.41, 5.74) is 7.24. The monoisotopic (exact) mass is 234 g/mol. The summed E-state index contributed by atoms with van der Waals surface area (Å²) in [6.45, 7) is 1.95. The van der Waals surface area contributed by atoms with Crippen LogP contribution in [-0.2, 0) is 0 Å². The number of nitrogens with two attached hydrogens (primary N) is 1. The predicted octanol–water partition coefficient (Wildman–Crippen LogP) is 3.42. The lowest BCUT2D eigenvalue weighted by molar-refractivity contribution is 0.480. The molecule has 0 aliphatic heterocycles. The summed E-state index contributed by atoms with van der Waals surface area (Å²) in [5, 5.41) is 0.633. The Labute approximate surface area is 98.8 Å². The van der Waals surface area contributed by atoms with Gasteiger partial charge in [-0.2, -0.15) is 0 Å². The molecule has 1 heterocycles. The summed E-state index contributed by atoms with van der Waals surface area (Å²) in [6.07, 6.45) is 3.18. The van der Waals surface area contributed by atoms with E-state index in [1.165, 1.54) is 0 Å². The molecule has 0 saturated heterocycles. The lowest BCUT2D eigenvalue weighted by Gasteiger charge is -2.10. The van der Waals surface area contributed by atoms with Crippen LogP contribution in [0, 0.1) is 6.92 Å². The van der Waals surface area contributed by atoms with Crippen LogP contribution >= 0.6 is 11.6 Å². The number of ether oxygens (including phenoxy) is 1. The van der Waals surface area contributed by atoms with Crippen LogP contribution in [0.1, 0.15) is 5.56 Å². The number of aromatic nitrogens is 1. The van der Waals surface area contributed by atoms with Gasteiger partial charge in [0.15, 0.2) is 5.75 Å². The molecule has 16 heavy (non-hydrogen) atoms. The standard InChI is InChI=1S/C12H11ClN2O/c1-8-2-3-9(13)6-12(8)16-11-4-5-15-7-10(11)14/h2-7H,14H2,1H3. The maximum Gasteiger partial charge on any atom is 0.153 e. The second kappa shape index (κ2) is 4.41. The van der Waals surface area contributed by atoms with Crippen LogP contribution in [0.2, 0.25) is 5.02 Å². The molecule has 1 aromatic heterocycles. The van der Waals surface area contributed by atoms with Crippen molar-refractivity contribution in [3.63, 3.8) is 0 Å². The molecule has 2 rings (SSSR count). The van der Waals surface area contributed by atoms with Crippen molar-refractivity contribution in [1.29, 1.82) is 0 Å². The summed E-state index contributed by atoms with van der Waals surface area (Å²) >= 11 is 5.90. The first-order chi connectivity index (χ1) is 7.66. The number of pyridine rings is 1. The van der Waals surface area contributed by atoms with Crippen molar-refractivity contribution in [2.45, 2.75) is 6.92 Å². The fraction of sp³-hybridized carbons (Fsp3) is 0.0833. The third-order valence-electron chi connectivity index (χ3n) is 2.18. The minimum atomic E-state index is 0.502. The molecule has 82 valence electrons. The van der Waals surface area contributed by atoms with Crippen molar-refractivity contribution in [3.8, 4) is 11.5 Å². The number of hydrogen-bond donors (Lipinski definition) is 1. The average Bonchev–Trinajstić information content (AvgIpc) is 2.27. The van der Waals surface area contributed by atoms with Gasteiger partial charge in [0.2, 0.25) is 0 Å². The molecule has 1 aromatic carbocycles. The lowest BCUT2D eigenvalue weighted by Crippen LogP contribution is -1.93. The van der Waals surface area contributed by atoms with E-state index < -0.39 is 0 Å². The second-order valence-corrected chi connectivity index (χ2v) is 3.86. The molecule has 0 atom stereocenters. The van der Waals surface area contributed by atoms with E-state index in [0.29, 0.717) is 22.2 Å². The van der Waals surface area contributed by atoms with E-state index in [2.05, 4.69) is 4.98 Å². The Bertz CT molecular complexity index is 514. The van der Waals surface area contributed by atoms with Gasteiger partial charge < -0.3 is 10.5 Å². The van der Waals surface area contributed by atoms with Crippen molar-refractivity contribution in [2.75, 3.05) is 5.73 Å². The number of anilines is 1. The lowest BCUT2D eigenvalue weighted by atomic mass is 10.2. The van der Waals surface area contributed by atoms with Gasteiger partial charge in [0.05, 0.1) is 11.9 Å². The van der Waals surface area contributed by atoms with Crippen LogP contribution in [0.3, 0.4) is 0 Å². The van der Waals surface area contributed by atoms with Gasteiger partial charge in [-0.1, -0.05) is 17.7 Å². The van der Waals surface area contributed by atoms with Gasteiger partial charge in [-0.25, -0.2) is 0 Å². The quantitative estimate of drug-likeness (QED) is 0.866. The minimum Gasteiger partial charge on any atom is -0.455 e. The molecule has 3 nitrogen and oxygen atoms in total. The summed E-state index contributed by atoms with van der Waals surface area (Å²) in [5.74, 6) is 1.28. The highest BCUT2D eigenvalue weighted by Gasteiger charge is 2.05. The third-order valence-corrected chi connectivity index (χ3v) is 2.42. The summed E-state index contributed by atoms with van der Waals surface area (Å²) < 4.78 is 5.67. The first-order valence-electron chi connectivity index (χ1n) is 4.80. The van der Waals surface area contributed by atoms with Gasteiger partial charge >= 0.3 is 0 Å². The van der Waals surface area contributed by atoms with Crippen molar-refractivity contribution >= 4 is 17.3 Å². The molecule has 2 aromatic rings. The number of hydrogen-bond acceptors (Lipinski definition) is 3. The Morgan fingerprint density at radius 1 is 1.25 bits per heavy atom. The van der Waals surface area contributed by atoms with Gasteiger partial charge in [-0.3, -0.25) is 4.98 Å². The van der Waals surface area contributed by atoms with Gasteiger partial charge in [0, 0.05) is 17.3 Å². The summed E-state index contributed by atoms with van der Waals surface area (Å²) in [7, 11) is 0. The van der Waals surface area contributed by atoms with Crippen molar-refractivity contribution < 1.29 is 4.74 Å². The average molecular weight is 235 g/mol. The Morgan fingerprint density at radius 2 is 2.06 bits per heavy atom. The van der Waals surface area contributed by atoms with Crippen molar-refractivity contribution in [2.24, 2.45) is 0 Å². The summed E-state index contributed by atoms with van der Waals surface area (Å²) in [6, 6.07) is 7.20. The predicted molar refractivity (Wildman–Crippen MR) is 64.9 cm³/mol. The molecule has 0 fully saturated rings. The SMILES string of the molecule is Cc1ccc(Cl)cc1Oc1ccncc1N. The van der Waals surface area contributed by atoms with Gasteiger partial charge in [0.1, 0.15) is 5.75 Å². The maximum absolute atomic E-state index is 5.90. The molecule has 0 aliphatic rings. The van der Waals surface area contributed by atoms with Crippen LogP contribution < -0.4 is 10.5 Å². The zero-order valence-corrected chi connectivity index (χ0v) is 9.53. The van der Waals surface area contributed by atoms with E-state index in [1.807, 2.05) is 19.1 Å². The van der Waals surface area contributed by atoms with Gasteiger partial charge in [0.25, 0.3) is 0 Å². The van der Waals surface area contributed by atoms with Crippen LogP contribution in [0.25, 0.3) is 0 Å². The number of nitrogen functional groups attached to an aromatic ring is 1. The Hall–Kier alpha value is -1.74. The third kappa shape index (κ3) is 2.25. The highest BCUT2D eigenvalue weighted by atomic mass is 35.5. The Kier molecular flexibility index (Phi) is 2.97. The second-order valence-electron chi connectivity index (χ2n) is 3.43. The molecule has 2 N–H and O–H groups in total. The molecule has 0 unspecified atom stereocenters. The molecule has 0 aliphatic carbocycles.